The van der Waals surface area contributed by atoms with Crippen molar-refractivity contribution in [3.8, 4) is 0 Å². The molecule has 6 heteroatoms. The maximum Gasteiger partial charge on any atom is 0.245 e. The maximum atomic E-state index is 12.4. The average molecular weight is 281 g/mol. The number of nitrogens with zero attached hydrogens (tertiary/aromatic N) is 3. The molecule has 6 nitrogen and oxygen atoms in total. The van der Waals surface area contributed by atoms with Crippen LogP contribution in [0.4, 0.5) is 0 Å². The van der Waals surface area contributed by atoms with Gasteiger partial charge in [0.2, 0.25) is 5.91 Å². The first-order valence-corrected chi connectivity index (χ1v) is 6.99. The zero-order valence-electron chi connectivity index (χ0n) is 12.2. The number of hydrogen-bond donors (Lipinski definition) is 1. The molecule has 1 atom stereocenters. The molecule has 1 aromatic heterocycles. The van der Waals surface area contributed by atoms with Gasteiger partial charge >= 0.3 is 0 Å². The van der Waals surface area contributed by atoms with Gasteiger partial charge in [-0.15, -0.1) is 0 Å². The summed E-state index contributed by atoms with van der Waals surface area (Å²) in [4.78, 5) is 18.1. The second-order valence-corrected chi connectivity index (χ2v) is 5.65. The highest BCUT2D eigenvalue weighted by Gasteiger charge is 2.35. The molecule has 0 saturated carbocycles. The van der Waals surface area contributed by atoms with E-state index in [1.807, 2.05) is 6.92 Å². The van der Waals surface area contributed by atoms with E-state index in [0.717, 1.165) is 12.8 Å². The molecule has 112 valence electrons. The van der Waals surface area contributed by atoms with Gasteiger partial charge in [0.25, 0.3) is 0 Å². The predicted molar refractivity (Wildman–Crippen MR) is 74.1 cm³/mol. The van der Waals surface area contributed by atoms with Gasteiger partial charge in [-0.2, -0.15) is 0 Å². The lowest BCUT2D eigenvalue weighted by Gasteiger charge is -2.39. The summed E-state index contributed by atoms with van der Waals surface area (Å²) in [6, 6.07) is -0.280. The summed E-state index contributed by atoms with van der Waals surface area (Å²) in [5.41, 5.74) is -0.225. The second-order valence-electron chi connectivity index (χ2n) is 5.65. The van der Waals surface area contributed by atoms with Crippen molar-refractivity contribution >= 4 is 5.91 Å². The SMILES string of the molecule is C[C@@H](C(=O)N(C)CC1(CO)CCOCC1)n1ccnc1. The number of hydrogen-bond acceptors (Lipinski definition) is 4. The largest absolute Gasteiger partial charge is 0.396 e. The second kappa shape index (κ2) is 6.37. The van der Waals surface area contributed by atoms with Crippen LogP contribution in [-0.4, -0.2) is 58.9 Å². The first-order valence-electron chi connectivity index (χ1n) is 6.99. The van der Waals surface area contributed by atoms with Crippen molar-refractivity contribution in [2.75, 3.05) is 33.4 Å². The Bertz CT molecular complexity index is 427. The zero-order chi connectivity index (χ0) is 14.6. The fraction of sp³-hybridized carbons (Fsp3) is 0.714. The van der Waals surface area contributed by atoms with Gasteiger partial charge in [-0.25, -0.2) is 4.98 Å². The summed E-state index contributed by atoms with van der Waals surface area (Å²) >= 11 is 0. The third-order valence-corrected chi connectivity index (χ3v) is 4.17. The summed E-state index contributed by atoms with van der Waals surface area (Å²) in [6.45, 7) is 3.81. The number of ether oxygens (including phenoxy) is 1. The molecular formula is C14H23N3O3. The van der Waals surface area contributed by atoms with Crippen molar-refractivity contribution in [1.82, 2.24) is 14.5 Å². The van der Waals surface area contributed by atoms with Gasteiger partial charge in [-0.3, -0.25) is 4.79 Å². The Morgan fingerprint density at radius 2 is 2.25 bits per heavy atom. The summed E-state index contributed by atoms with van der Waals surface area (Å²) in [6.07, 6.45) is 6.68. The van der Waals surface area contributed by atoms with Crippen molar-refractivity contribution < 1.29 is 14.6 Å². The van der Waals surface area contributed by atoms with E-state index in [0.29, 0.717) is 19.8 Å². The minimum atomic E-state index is -0.280. The van der Waals surface area contributed by atoms with Gasteiger partial charge in [0.05, 0.1) is 12.9 Å². The molecule has 0 aromatic carbocycles. The number of rotatable bonds is 5. The Morgan fingerprint density at radius 1 is 1.55 bits per heavy atom. The molecule has 0 unspecified atom stereocenters. The number of aromatic nitrogens is 2. The maximum absolute atomic E-state index is 12.4. The van der Waals surface area contributed by atoms with Gasteiger partial charge in [-0.1, -0.05) is 0 Å². The quantitative estimate of drug-likeness (QED) is 0.862. The Hall–Kier alpha value is -1.40. The average Bonchev–Trinajstić information content (AvgIpc) is 3.00. The van der Waals surface area contributed by atoms with Crippen molar-refractivity contribution in [3.63, 3.8) is 0 Å². The fourth-order valence-electron chi connectivity index (χ4n) is 2.70. The van der Waals surface area contributed by atoms with Gasteiger partial charge in [-0.05, 0) is 19.8 Å². The molecule has 0 radical (unpaired) electrons. The number of likely N-dealkylation sites (N-methyl/N-ethyl adjacent to an activating group) is 1. The topological polar surface area (TPSA) is 67.6 Å². The molecule has 1 N–H and O–H groups in total. The Morgan fingerprint density at radius 3 is 2.80 bits per heavy atom. The van der Waals surface area contributed by atoms with Crippen LogP contribution < -0.4 is 0 Å². The third kappa shape index (κ3) is 3.19. The van der Waals surface area contributed by atoms with Gasteiger partial charge in [0.15, 0.2) is 0 Å². The van der Waals surface area contributed by atoms with Crippen LogP contribution in [0.25, 0.3) is 0 Å². The Kier molecular flexibility index (Phi) is 4.77. The number of carbonyl (C=O) groups excluding carboxylic acids is 1. The molecule has 20 heavy (non-hydrogen) atoms. The van der Waals surface area contributed by atoms with Crippen LogP contribution in [0, 0.1) is 5.41 Å². The highest BCUT2D eigenvalue weighted by atomic mass is 16.5. The minimum Gasteiger partial charge on any atom is -0.396 e. The number of aliphatic hydroxyl groups is 1. The third-order valence-electron chi connectivity index (χ3n) is 4.17. The lowest BCUT2D eigenvalue weighted by molar-refractivity contribution is -0.136. The number of imidazole rings is 1. The molecule has 1 amide bonds. The summed E-state index contributed by atoms with van der Waals surface area (Å²) in [5.74, 6) is 0.0299. The van der Waals surface area contributed by atoms with Crippen molar-refractivity contribution in [2.24, 2.45) is 5.41 Å². The highest BCUT2D eigenvalue weighted by Crippen LogP contribution is 2.31. The van der Waals surface area contributed by atoms with Crippen LogP contribution in [-0.2, 0) is 9.53 Å². The van der Waals surface area contributed by atoms with Crippen LogP contribution in [0.3, 0.4) is 0 Å². The smallest absolute Gasteiger partial charge is 0.245 e. The Balaban J connectivity index is 1.99. The molecule has 0 aliphatic carbocycles. The highest BCUT2D eigenvalue weighted by molar-refractivity contribution is 5.79. The zero-order valence-corrected chi connectivity index (χ0v) is 12.2. The molecule has 0 spiro atoms. The molecule has 1 aliphatic heterocycles. The fourth-order valence-corrected chi connectivity index (χ4v) is 2.70. The monoisotopic (exact) mass is 281 g/mol. The normalized spacial score (nSPS) is 19.6. The standard InChI is InChI=1S/C14H23N3O3/c1-12(17-6-5-15-11-17)13(19)16(2)9-14(10-18)3-7-20-8-4-14/h5-6,11-12,18H,3-4,7-10H2,1-2H3/t12-/m0/s1. The van der Waals surface area contributed by atoms with E-state index in [4.69, 9.17) is 4.74 Å². The van der Waals surface area contributed by atoms with E-state index >= 15 is 0 Å². The number of aliphatic hydroxyl groups excluding tert-OH is 1. The van der Waals surface area contributed by atoms with Crippen LogP contribution in [0.2, 0.25) is 0 Å². The lowest BCUT2D eigenvalue weighted by atomic mass is 9.80. The van der Waals surface area contributed by atoms with E-state index < -0.39 is 0 Å². The molecule has 1 fully saturated rings. The molecule has 2 heterocycles. The summed E-state index contributed by atoms with van der Waals surface area (Å²) in [5, 5.41) is 9.69. The molecule has 1 saturated heterocycles. The first-order chi connectivity index (χ1) is 9.58. The van der Waals surface area contributed by atoms with E-state index in [-0.39, 0.29) is 24.0 Å². The molecular weight excluding hydrogens is 258 g/mol. The van der Waals surface area contributed by atoms with Gasteiger partial charge < -0.3 is 19.3 Å². The summed E-state index contributed by atoms with van der Waals surface area (Å²) in [7, 11) is 1.79. The molecule has 0 bridgehead atoms. The minimum absolute atomic E-state index is 0.0299. The van der Waals surface area contributed by atoms with Gasteiger partial charge in [0, 0.05) is 44.6 Å². The molecule has 2 rings (SSSR count). The number of carbonyl (C=O) groups is 1. The molecule has 1 aromatic rings. The van der Waals surface area contributed by atoms with E-state index in [9.17, 15) is 9.90 Å². The van der Waals surface area contributed by atoms with Gasteiger partial charge in [0.1, 0.15) is 6.04 Å². The van der Waals surface area contributed by atoms with Crippen molar-refractivity contribution in [3.05, 3.63) is 18.7 Å². The van der Waals surface area contributed by atoms with Crippen LogP contribution in [0.5, 0.6) is 0 Å². The summed E-state index contributed by atoms with van der Waals surface area (Å²) < 4.78 is 7.13. The Labute approximate surface area is 119 Å². The van der Waals surface area contributed by atoms with E-state index in [2.05, 4.69) is 4.98 Å². The van der Waals surface area contributed by atoms with Crippen LogP contribution in [0.1, 0.15) is 25.8 Å². The van der Waals surface area contributed by atoms with Crippen molar-refractivity contribution in [2.45, 2.75) is 25.8 Å². The van der Waals surface area contributed by atoms with Crippen LogP contribution in [0.15, 0.2) is 18.7 Å². The predicted octanol–water partition coefficient (Wildman–Crippen LogP) is 0.692. The first kappa shape index (κ1) is 15.0. The van der Waals surface area contributed by atoms with E-state index in [1.165, 1.54) is 0 Å². The molecule has 1 aliphatic rings. The van der Waals surface area contributed by atoms with E-state index in [1.54, 1.807) is 35.2 Å². The van der Waals surface area contributed by atoms with Crippen LogP contribution >= 0.6 is 0 Å². The number of amides is 1. The lowest BCUT2D eigenvalue weighted by Crippen LogP contribution is -2.46. The van der Waals surface area contributed by atoms with Crippen molar-refractivity contribution in [1.29, 1.82) is 0 Å².